The summed E-state index contributed by atoms with van der Waals surface area (Å²) in [7, 11) is 0. The zero-order chi connectivity index (χ0) is 78.7. The van der Waals surface area contributed by atoms with Gasteiger partial charge >= 0.3 is 35.8 Å². The van der Waals surface area contributed by atoms with E-state index < -0.39 is 172 Å². The lowest BCUT2D eigenvalue weighted by Crippen LogP contribution is -2.70. The van der Waals surface area contributed by atoms with E-state index in [9.17, 15) is 28.8 Å². The van der Waals surface area contributed by atoms with Crippen LogP contribution in [0.5, 0.6) is 0 Å². The van der Waals surface area contributed by atoms with Gasteiger partial charge in [-0.05, 0) is 38.9 Å². The molecule has 4 heterocycles. The number of carbonyl (C=O) groups excluding carboxylic acids is 6. The first-order valence-electron chi connectivity index (χ1n) is 37.2. The van der Waals surface area contributed by atoms with Crippen LogP contribution >= 0.6 is 0 Å². The molecule has 0 spiro atoms. The molecule has 27 nitrogen and oxygen atoms in total. The first-order chi connectivity index (χ1) is 54.4. The average Bonchev–Trinajstić information content (AvgIpc) is 0.759. The molecule has 0 bridgehead atoms. The number of benzene rings is 7. The molecule has 112 heavy (non-hydrogen) atoms. The third-order valence-corrected chi connectivity index (χ3v) is 18.6. The minimum absolute atomic E-state index is 0.0383. The van der Waals surface area contributed by atoms with Crippen LogP contribution < -0.4 is 5.73 Å². The lowest BCUT2D eigenvalue weighted by atomic mass is 9.94. The van der Waals surface area contributed by atoms with Gasteiger partial charge < -0.3 is 100 Å². The van der Waals surface area contributed by atoms with Gasteiger partial charge in [0.2, 0.25) is 0 Å². The summed E-state index contributed by atoms with van der Waals surface area (Å²) < 4.78 is 134. The Labute approximate surface area is 650 Å². The lowest BCUT2D eigenvalue weighted by Gasteiger charge is -2.52. The lowest BCUT2D eigenvalue weighted by molar-refractivity contribution is -0.392. The van der Waals surface area contributed by atoms with Crippen molar-refractivity contribution in [1.29, 1.82) is 0 Å². The number of ether oxygens (including phenoxy) is 20. The summed E-state index contributed by atoms with van der Waals surface area (Å²) in [5.74, 6) is -5.21. The number of hydrogen-bond donors (Lipinski definition) is 1. The molecule has 7 aromatic carbocycles. The second-order valence-electron chi connectivity index (χ2n) is 27.3. The van der Waals surface area contributed by atoms with Crippen LogP contribution in [-0.2, 0) is 170 Å². The molecule has 598 valence electrons. The number of nitrogens with two attached hydrogens (primary N) is 1. The molecule has 4 aliphatic rings. The maximum Gasteiger partial charge on any atom is 0.303 e. The number of hydrogen-bond acceptors (Lipinski definition) is 27. The molecule has 0 saturated carbocycles. The van der Waals surface area contributed by atoms with Crippen molar-refractivity contribution in [3.8, 4) is 0 Å². The second-order valence-corrected chi connectivity index (χ2v) is 27.3. The van der Waals surface area contributed by atoms with Crippen molar-refractivity contribution in [2.24, 2.45) is 5.73 Å². The highest BCUT2D eigenvalue weighted by atomic mass is 16.8. The SMILES string of the molecule is CC(=O)OC[C@H]1O[C@@H](O[C@@H]2[C@@H](N)[C@H](O[C@H]3[C@@H](OCc4ccccc4)[C@@H](COCc4ccccc4)O[C@@H](O[C@H]4[C@H](OCc5ccccc5)[C@@H](OCc5ccccc5)[C@H](OCc5ccccc5)O[C@@H]4COCc4ccccc4)[C@@H]3OCc3ccccc3)O[C@H](COC(C)=O)[C@H]2OC(C)=O)[C@H](OC(C)=O)[C@@H](OC(C)=O)[C@H]1OC(C)=O. The molecule has 27 heteroatoms. The monoisotopic (exact) mass is 1550 g/mol. The normalized spacial score (nSPS) is 27.7. The summed E-state index contributed by atoms with van der Waals surface area (Å²) in [5.41, 5.74) is 13.2. The quantitative estimate of drug-likeness (QED) is 0.0280. The Balaban J connectivity index is 1.07. The summed E-state index contributed by atoms with van der Waals surface area (Å²) in [6.07, 6.45) is -27.9. The van der Waals surface area contributed by atoms with Gasteiger partial charge in [0.15, 0.2) is 49.6 Å². The zero-order valence-corrected chi connectivity index (χ0v) is 63.2. The molecule has 0 aliphatic carbocycles. The standard InChI is InChI=1S/C85H97NO26/c1-53(87)95-51-68-72(102-55(3)89)75(111-85-81(105-58(6)92)78(104-57(5)91)74(103-56(4)90)69(109-85)52-96-54(2)88)70(86)82(106-68)112-77-71(97-44-61-32-18-9-19-33-61)66(49-93-42-59-28-14-7-15-29-59)108-84(80(77)100-47-64-38-24-12-25-39-64)110-73-67(50-94-43-60-30-16-8-17-31-60)107-83(101-48-65-40-26-13-27-41-65)79(99-46-63-36-22-11-23-37-63)76(73)98-45-62-34-20-10-21-35-62/h7-41,66-85H,42-52,86H2,1-6H3/t66-,67-,68-,69-,70-,71+,72-,73-,74+,75-,76+,77+,78+,79-,80-,81-,82+,83-,84+,85+/m1/s1. The number of esters is 6. The van der Waals surface area contributed by atoms with Crippen LogP contribution in [0.25, 0.3) is 0 Å². The predicted octanol–water partition coefficient (Wildman–Crippen LogP) is 9.21. The van der Waals surface area contributed by atoms with E-state index in [1.807, 2.05) is 212 Å². The van der Waals surface area contributed by atoms with Crippen LogP contribution in [0.1, 0.15) is 80.5 Å². The Kier molecular flexibility index (Phi) is 31.8. The van der Waals surface area contributed by atoms with Crippen molar-refractivity contribution >= 4 is 35.8 Å². The molecular formula is C85H97NO26. The molecule has 0 unspecified atom stereocenters. The molecule has 4 saturated heterocycles. The molecule has 7 aromatic rings. The molecule has 20 atom stereocenters. The largest absolute Gasteiger partial charge is 0.463 e. The topological polar surface area (TPSA) is 313 Å². The van der Waals surface area contributed by atoms with Crippen LogP contribution in [0.3, 0.4) is 0 Å². The minimum atomic E-state index is -1.93. The van der Waals surface area contributed by atoms with E-state index in [0.717, 1.165) is 74.9 Å². The molecule has 4 aliphatic heterocycles. The van der Waals surface area contributed by atoms with E-state index in [2.05, 4.69) is 0 Å². The van der Waals surface area contributed by atoms with Crippen molar-refractivity contribution in [3.63, 3.8) is 0 Å². The van der Waals surface area contributed by atoms with Gasteiger partial charge in [0.1, 0.15) is 80.4 Å². The smallest absolute Gasteiger partial charge is 0.303 e. The Hall–Kier alpha value is -9.24. The van der Waals surface area contributed by atoms with Gasteiger partial charge in [-0.25, -0.2) is 0 Å². The molecule has 4 fully saturated rings. The van der Waals surface area contributed by atoms with E-state index in [-0.39, 0.29) is 59.5 Å². The van der Waals surface area contributed by atoms with Crippen LogP contribution in [0, 0.1) is 0 Å². The summed E-state index contributed by atoms with van der Waals surface area (Å²) in [5, 5.41) is 0. The average molecular weight is 1550 g/mol. The van der Waals surface area contributed by atoms with E-state index in [0.29, 0.717) is 5.56 Å². The molecule has 0 radical (unpaired) electrons. The van der Waals surface area contributed by atoms with Crippen LogP contribution in [-0.4, -0.2) is 185 Å². The molecule has 11 rings (SSSR count). The van der Waals surface area contributed by atoms with Crippen molar-refractivity contribution in [1.82, 2.24) is 0 Å². The van der Waals surface area contributed by atoms with Crippen molar-refractivity contribution in [2.45, 2.75) is 211 Å². The first-order valence-corrected chi connectivity index (χ1v) is 37.2. The number of rotatable bonds is 37. The summed E-state index contributed by atoms with van der Waals surface area (Å²) in [4.78, 5) is 78.5. The van der Waals surface area contributed by atoms with Crippen LogP contribution in [0.4, 0.5) is 0 Å². The maximum absolute atomic E-state index is 13.6. The molecular weight excluding hydrogens is 1450 g/mol. The third kappa shape index (κ3) is 24.6. The highest BCUT2D eigenvalue weighted by molar-refractivity contribution is 5.69. The molecule has 0 amide bonds. The van der Waals surface area contributed by atoms with Crippen LogP contribution in [0.15, 0.2) is 212 Å². The van der Waals surface area contributed by atoms with E-state index >= 15 is 0 Å². The highest BCUT2D eigenvalue weighted by Gasteiger charge is 2.60. The van der Waals surface area contributed by atoms with Gasteiger partial charge in [-0.3, -0.25) is 28.8 Å². The Morgan fingerprint density at radius 3 is 0.929 bits per heavy atom. The summed E-state index contributed by atoms with van der Waals surface area (Å²) in [6, 6.07) is 65.0. The number of carbonyl (C=O) groups is 6. The maximum atomic E-state index is 13.6. The van der Waals surface area contributed by atoms with Crippen molar-refractivity contribution in [2.75, 3.05) is 26.4 Å². The highest BCUT2D eigenvalue weighted by Crippen LogP contribution is 2.41. The fourth-order valence-corrected chi connectivity index (χ4v) is 13.5. The fraction of sp³-hybridized carbons (Fsp3) is 0.435. The third-order valence-electron chi connectivity index (χ3n) is 18.6. The Morgan fingerprint density at radius 2 is 0.536 bits per heavy atom. The van der Waals surface area contributed by atoms with Gasteiger partial charge in [-0.1, -0.05) is 212 Å². The van der Waals surface area contributed by atoms with Gasteiger partial charge in [0.25, 0.3) is 0 Å². The van der Waals surface area contributed by atoms with Gasteiger partial charge in [0, 0.05) is 41.5 Å². The predicted molar refractivity (Wildman–Crippen MR) is 396 cm³/mol. The zero-order valence-electron chi connectivity index (χ0n) is 63.2. The van der Waals surface area contributed by atoms with Crippen molar-refractivity contribution < 1.29 is 124 Å². The first kappa shape index (κ1) is 83.7. The summed E-state index contributed by atoms with van der Waals surface area (Å²) >= 11 is 0. The van der Waals surface area contributed by atoms with Crippen molar-refractivity contribution in [3.05, 3.63) is 251 Å². The molecule has 2 N–H and O–H groups in total. The van der Waals surface area contributed by atoms with E-state index in [1.54, 1.807) is 0 Å². The Bertz CT molecular complexity index is 4010. The minimum Gasteiger partial charge on any atom is -0.463 e. The molecule has 0 aromatic heterocycles. The van der Waals surface area contributed by atoms with Gasteiger partial charge in [-0.2, -0.15) is 0 Å². The fourth-order valence-electron chi connectivity index (χ4n) is 13.5. The van der Waals surface area contributed by atoms with Crippen LogP contribution in [0.2, 0.25) is 0 Å². The second kappa shape index (κ2) is 42.6. The van der Waals surface area contributed by atoms with E-state index in [4.69, 9.17) is 100 Å². The van der Waals surface area contributed by atoms with Gasteiger partial charge in [-0.15, -0.1) is 0 Å². The Morgan fingerprint density at radius 1 is 0.259 bits per heavy atom. The van der Waals surface area contributed by atoms with E-state index in [1.165, 1.54) is 0 Å². The van der Waals surface area contributed by atoms with Gasteiger partial charge in [0.05, 0.1) is 65.5 Å². The summed E-state index contributed by atoms with van der Waals surface area (Å²) in [6.45, 7) is 5.27.